The Balaban J connectivity index is 1.63. The average Bonchev–Trinajstić information content (AvgIpc) is 2.80. The Morgan fingerprint density at radius 2 is 1.44 bits per heavy atom. The molecule has 0 unspecified atom stereocenters. The zero-order valence-electron chi connectivity index (χ0n) is 16.2. The topological polar surface area (TPSA) is 154 Å². The summed E-state index contributed by atoms with van der Waals surface area (Å²) in [6.45, 7) is 0. The lowest BCUT2D eigenvalue weighted by molar-refractivity contribution is -0.394. The summed E-state index contributed by atoms with van der Waals surface area (Å²) in [4.78, 5) is 44.4. The van der Waals surface area contributed by atoms with Crippen molar-refractivity contribution < 1.29 is 24.2 Å². The van der Waals surface area contributed by atoms with Gasteiger partial charge in [0.05, 0.1) is 33.3 Å². The number of benzene rings is 3. The number of carbonyl (C=O) groups excluding carboxylic acids is 2. The molecule has 11 nitrogen and oxygen atoms in total. The lowest BCUT2D eigenvalue weighted by Gasteiger charge is -2.04. The maximum Gasteiger partial charge on any atom is 0.343 e. The first-order chi connectivity index (χ1) is 15.3. The van der Waals surface area contributed by atoms with Crippen LogP contribution in [0, 0.1) is 20.2 Å². The molecule has 0 spiro atoms. The first-order valence-corrected chi connectivity index (χ1v) is 8.98. The van der Waals surface area contributed by atoms with E-state index in [9.17, 15) is 29.8 Å². The second-order valence-electron chi connectivity index (χ2n) is 6.28. The molecule has 0 saturated heterocycles. The first kappa shape index (κ1) is 21.8. The molecule has 0 bridgehead atoms. The van der Waals surface area contributed by atoms with E-state index in [4.69, 9.17) is 4.74 Å². The molecule has 0 atom stereocenters. The number of amides is 1. The largest absolute Gasteiger partial charge is 0.423 e. The van der Waals surface area contributed by atoms with Gasteiger partial charge in [-0.15, -0.1) is 0 Å². The summed E-state index contributed by atoms with van der Waals surface area (Å²) in [5.41, 5.74) is 1.64. The molecule has 0 fully saturated rings. The van der Waals surface area contributed by atoms with Crippen LogP contribution in [0.15, 0.2) is 77.9 Å². The number of nitro groups is 2. The Labute approximate surface area is 180 Å². The van der Waals surface area contributed by atoms with Gasteiger partial charge < -0.3 is 4.74 Å². The normalized spacial score (nSPS) is 10.5. The van der Waals surface area contributed by atoms with Gasteiger partial charge >= 0.3 is 5.97 Å². The summed E-state index contributed by atoms with van der Waals surface area (Å²) in [7, 11) is 0. The van der Waals surface area contributed by atoms with Crippen LogP contribution in [0.4, 0.5) is 11.4 Å². The second-order valence-corrected chi connectivity index (χ2v) is 6.28. The minimum Gasteiger partial charge on any atom is -0.423 e. The number of hydrogen-bond acceptors (Lipinski definition) is 8. The minimum atomic E-state index is -0.860. The monoisotopic (exact) mass is 434 g/mol. The third-order valence-electron chi connectivity index (χ3n) is 4.07. The van der Waals surface area contributed by atoms with Crippen LogP contribution >= 0.6 is 0 Å². The number of nitro benzene ring substituents is 2. The molecule has 0 aliphatic heterocycles. The van der Waals surface area contributed by atoms with E-state index in [-0.39, 0.29) is 5.56 Å². The summed E-state index contributed by atoms with van der Waals surface area (Å²) in [6, 6.07) is 17.3. The van der Waals surface area contributed by atoms with Crippen LogP contribution in [-0.4, -0.2) is 27.9 Å². The van der Waals surface area contributed by atoms with Gasteiger partial charge in [-0.25, -0.2) is 10.2 Å². The van der Waals surface area contributed by atoms with Gasteiger partial charge in [0.2, 0.25) is 0 Å². The van der Waals surface area contributed by atoms with Crippen LogP contribution in [0.2, 0.25) is 0 Å². The highest BCUT2D eigenvalue weighted by molar-refractivity contribution is 5.96. The molecule has 3 aromatic carbocycles. The standard InChI is InChI=1S/C21H14N4O7/c26-20(16-10-17(24(28)29)12-18(11-16)25(30)31)23-22-13-14-6-8-19(9-7-14)32-21(27)15-4-2-1-3-5-15/h1-13H,(H,23,26)/b22-13-. The maximum atomic E-state index is 12.2. The highest BCUT2D eigenvalue weighted by Gasteiger charge is 2.19. The van der Waals surface area contributed by atoms with Crippen LogP contribution in [0.3, 0.4) is 0 Å². The van der Waals surface area contributed by atoms with Crippen molar-refractivity contribution in [1.29, 1.82) is 0 Å². The number of rotatable bonds is 7. The van der Waals surface area contributed by atoms with Gasteiger partial charge in [-0.2, -0.15) is 5.10 Å². The number of hydrogen-bond donors (Lipinski definition) is 1. The van der Waals surface area contributed by atoms with Gasteiger partial charge in [0.1, 0.15) is 5.75 Å². The van der Waals surface area contributed by atoms with Crippen molar-refractivity contribution in [1.82, 2.24) is 5.43 Å². The predicted molar refractivity (Wildman–Crippen MR) is 113 cm³/mol. The number of hydrazone groups is 1. The third kappa shape index (κ3) is 5.57. The van der Waals surface area contributed by atoms with Crippen molar-refractivity contribution in [2.45, 2.75) is 0 Å². The fraction of sp³-hybridized carbons (Fsp3) is 0. The van der Waals surface area contributed by atoms with Crippen LogP contribution in [-0.2, 0) is 0 Å². The summed E-state index contributed by atoms with van der Waals surface area (Å²) in [5.74, 6) is -1.06. The zero-order valence-corrected chi connectivity index (χ0v) is 16.2. The maximum absolute atomic E-state index is 12.2. The van der Waals surface area contributed by atoms with E-state index in [1.54, 1.807) is 42.5 Å². The van der Waals surface area contributed by atoms with E-state index >= 15 is 0 Å². The minimum absolute atomic E-state index is 0.286. The molecule has 3 rings (SSSR count). The Hall–Kier alpha value is -4.93. The number of carbonyl (C=O) groups is 2. The molecule has 160 valence electrons. The van der Waals surface area contributed by atoms with Crippen molar-refractivity contribution in [2.24, 2.45) is 5.10 Å². The molecule has 32 heavy (non-hydrogen) atoms. The highest BCUT2D eigenvalue weighted by Crippen LogP contribution is 2.22. The van der Waals surface area contributed by atoms with E-state index in [0.29, 0.717) is 16.9 Å². The molecular weight excluding hydrogens is 420 g/mol. The van der Waals surface area contributed by atoms with E-state index in [0.717, 1.165) is 18.2 Å². The molecular formula is C21H14N4O7. The number of ether oxygens (including phenoxy) is 1. The van der Waals surface area contributed by atoms with Crippen molar-refractivity contribution in [3.63, 3.8) is 0 Å². The Kier molecular flexibility index (Phi) is 6.61. The smallest absolute Gasteiger partial charge is 0.343 e. The lowest BCUT2D eigenvalue weighted by Crippen LogP contribution is -2.18. The van der Waals surface area contributed by atoms with Crippen LogP contribution in [0.5, 0.6) is 5.75 Å². The molecule has 0 aliphatic rings. The molecule has 11 heteroatoms. The fourth-order valence-corrected chi connectivity index (χ4v) is 2.53. The molecule has 0 heterocycles. The van der Waals surface area contributed by atoms with Gasteiger partial charge in [-0.05, 0) is 42.0 Å². The predicted octanol–water partition coefficient (Wildman–Crippen LogP) is 3.49. The Morgan fingerprint density at radius 1 is 0.844 bits per heavy atom. The molecule has 0 aromatic heterocycles. The van der Waals surface area contributed by atoms with Crippen LogP contribution < -0.4 is 10.2 Å². The van der Waals surface area contributed by atoms with Crippen molar-refractivity contribution in [2.75, 3.05) is 0 Å². The molecule has 1 amide bonds. The van der Waals surface area contributed by atoms with E-state index in [1.807, 2.05) is 0 Å². The Bertz CT molecular complexity index is 1180. The van der Waals surface area contributed by atoms with E-state index in [2.05, 4.69) is 10.5 Å². The van der Waals surface area contributed by atoms with E-state index in [1.165, 1.54) is 18.3 Å². The summed E-state index contributed by atoms with van der Waals surface area (Å²) in [6.07, 6.45) is 1.28. The Morgan fingerprint density at radius 3 is 2.00 bits per heavy atom. The van der Waals surface area contributed by atoms with Crippen molar-refractivity contribution in [3.05, 3.63) is 110 Å². The van der Waals surface area contributed by atoms with Gasteiger partial charge in [-0.1, -0.05) is 18.2 Å². The number of nitrogens with zero attached hydrogens (tertiary/aromatic N) is 3. The average molecular weight is 434 g/mol. The number of non-ortho nitro benzene ring substituents is 2. The van der Waals surface area contributed by atoms with Crippen molar-refractivity contribution in [3.8, 4) is 5.75 Å². The fourth-order valence-electron chi connectivity index (χ4n) is 2.53. The summed E-state index contributed by atoms with van der Waals surface area (Å²) in [5, 5.41) is 25.6. The molecule has 1 N–H and O–H groups in total. The summed E-state index contributed by atoms with van der Waals surface area (Å²) >= 11 is 0. The summed E-state index contributed by atoms with van der Waals surface area (Å²) < 4.78 is 5.25. The van der Waals surface area contributed by atoms with Gasteiger partial charge in [0.15, 0.2) is 0 Å². The third-order valence-corrected chi connectivity index (χ3v) is 4.07. The lowest BCUT2D eigenvalue weighted by atomic mass is 10.1. The van der Waals surface area contributed by atoms with Crippen LogP contribution in [0.1, 0.15) is 26.3 Å². The van der Waals surface area contributed by atoms with Gasteiger partial charge in [0.25, 0.3) is 17.3 Å². The van der Waals surface area contributed by atoms with Crippen LogP contribution in [0.25, 0.3) is 0 Å². The first-order valence-electron chi connectivity index (χ1n) is 8.98. The molecule has 3 aromatic rings. The van der Waals surface area contributed by atoms with E-state index < -0.39 is 33.1 Å². The van der Waals surface area contributed by atoms with Crippen molar-refractivity contribution >= 4 is 29.5 Å². The molecule has 0 saturated carbocycles. The second kappa shape index (κ2) is 9.71. The van der Waals surface area contributed by atoms with Gasteiger partial charge in [-0.3, -0.25) is 25.0 Å². The van der Waals surface area contributed by atoms with Gasteiger partial charge in [0, 0.05) is 12.1 Å². The molecule has 0 aliphatic carbocycles. The SMILES string of the molecule is O=C(N/N=C\c1ccc(OC(=O)c2ccccc2)cc1)c1cc([N+](=O)[O-])cc([N+](=O)[O-])c1. The zero-order chi connectivity index (χ0) is 23.1. The highest BCUT2D eigenvalue weighted by atomic mass is 16.6. The quantitative estimate of drug-likeness (QED) is 0.196. The molecule has 0 radical (unpaired) electrons. The number of nitrogens with one attached hydrogen (secondary N) is 1. The number of esters is 1.